The van der Waals surface area contributed by atoms with Gasteiger partial charge in [-0.3, -0.25) is 0 Å². The van der Waals surface area contributed by atoms with Gasteiger partial charge in [-0.1, -0.05) is 30.3 Å². The maximum Gasteiger partial charge on any atom is 0.375 e. The summed E-state index contributed by atoms with van der Waals surface area (Å²) in [7, 11) is 0. The van der Waals surface area contributed by atoms with Gasteiger partial charge in [0.1, 0.15) is 0 Å². The summed E-state index contributed by atoms with van der Waals surface area (Å²) >= 11 is 0. The van der Waals surface area contributed by atoms with Crippen molar-refractivity contribution in [3.05, 3.63) is 42.4 Å². The molecule has 1 aromatic carbocycles. The van der Waals surface area contributed by atoms with Gasteiger partial charge in [0.25, 0.3) is 5.82 Å². The number of carboxylic acids is 1. The van der Waals surface area contributed by atoms with E-state index in [0.717, 1.165) is 5.56 Å². The van der Waals surface area contributed by atoms with Crippen LogP contribution in [0, 0.1) is 0 Å². The zero-order chi connectivity index (χ0) is 10.7. The van der Waals surface area contributed by atoms with Crippen molar-refractivity contribution in [3.63, 3.8) is 0 Å². The Labute approximate surface area is 85.4 Å². The van der Waals surface area contributed by atoms with E-state index in [1.165, 1.54) is 6.20 Å². The molecule has 2 aromatic rings. The fourth-order valence-corrected chi connectivity index (χ4v) is 1.14. The number of hydrogen-bond acceptors (Lipinski definition) is 4. The Morgan fingerprint density at radius 3 is 2.60 bits per heavy atom. The fraction of sp³-hybridized carbons (Fsp3) is 0. The van der Waals surface area contributed by atoms with Gasteiger partial charge >= 0.3 is 5.97 Å². The molecule has 0 saturated heterocycles. The van der Waals surface area contributed by atoms with Crippen LogP contribution in [0.4, 0.5) is 0 Å². The molecule has 1 N–H and O–H groups in total. The molecule has 74 valence electrons. The quantitative estimate of drug-likeness (QED) is 0.790. The van der Waals surface area contributed by atoms with Crippen LogP contribution in [0.2, 0.25) is 0 Å². The van der Waals surface area contributed by atoms with E-state index in [9.17, 15) is 4.79 Å². The van der Waals surface area contributed by atoms with E-state index >= 15 is 0 Å². The van der Waals surface area contributed by atoms with Crippen molar-refractivity contribution in [2.24, 2.45) is 0 Å². The average Bonchev–Trinajstić information content (AvgIpc) is 2.30. The van der Waals surface area contributed by atoms with E-state index in [0.29, 0.717) is 5.69 Å². The van der Waals surface area contributed by atoms with Crippen LogP contribution in [0.5, 0.6) is 0 Å². The van der Waals surface area contributed by atoms with Crippen LogP contribution in [0.25, 0.3) is 11.3 Å². The molecule has 0 aliphatic rings. The van der Waals surface area contributed by atoms with Gasteiger partial charge in [0, 0.05) is 5.56 Å². The molecule has 5 nitrogen and oxygen atoms in total. The third kappa shape index (κ3) is 1.96. The second-order valence-corrected chi connectivity index (χ2v) is 2.84. The molecule has 0 fully saturated rings. The normalized spacial score (nSPS) is 9.87. The van der Waals surface area contributed by atoms with Gasteiger partial charge in [0.2, 0.25) is 0 Å². The maximum absolute atomic E-state index is 10.6. The zero-order valence-corrected chi connectivity index (χ0v) is 7.66. The lowest BCUT2D eigenvalue weighted by atomic mass is 10.2. The monoisotopic (exact) mass is 201 g/mol. The van der Waals surface area contributed by atoms with Crippen LogP contribution in [0.15, 0.2) is 36.5 Å². The lowest BCUT2D eigenvalue weighted by molar-refractivity contribution is 0.0682. The molecule has 0 amide bonds. The summed E-state index contributed by atoms with van der Waals surface area (Å²) in [5.41, 5.74) is 1.32. The smallest absolute Gasteiger partial charge is 0.375 e. The summed E-state index contributed by atoms with van der Waals surface area (Å²) in [4.78, 5) is 14.5. The number of carbonyl (C=O) groups is 1. The van der Waals surface area contributed by atoms with Crippen LogP contribution in [-0.4, -0.2) is 26.3 Å². The van der Waals surface area contributed by atoms with Gasteiger partial charge in [0.05, 0.1) is 11.9 Å². The van der Waals surface area contributed by atoms with Gasteiger partial charge in [-0.15, -0.1) is 5.10 Å². The van der Waals surface area contributed by atoms with Crippen LogP contribution in [-0.2, 0) is 0 Å². The number of benzene rings is 1. The highest BCUT2D eigenvalue weighted by Gasteiger charge is 2.08. The van der Waals surface area contributed by atoms with E-state index in [1.807, 2.05) is 30.3 Å². The Morgan fingerprint density at radius 2 is 1.93 bits per heavy atom. The Morgan fingerprint density at radius 1 is 1.20 bits per heavy atom. The largest absolute Gasteiger partial charge is 0.475 e. The molecule has 0 aliphatic heterocycles. The molecule has 0 aliphatic carbocycles. The maximum atomic E-state index is 10.6. The first-order valence-corrected chi connectivity index (χ1v) is 4.26. The molecule has 1 aromatic heterocycles. The summed E-state index contributed by atoms with van der Waals surface area (Å²) in [6.07, 6.45) is 1.43. The minimum Gasteiger partial charge on any atom is -0.475 e. The minimum atomic E-state index is -1.18. The highest BCUT2D eigenvalue weighted by Crippen LogP contribution is 2.14. The predicted molar refractivity (Wildman–Crippen MR) is 52.2 cm³/mol. The fourth-order valence-electron chi connectivity index (χ4n) is 1.14. The number of aromatic nitrogens is 3. The summed E-state index contributed by atoms with van der Waals surface area (Å²) in [5.74, 6) is -1.48. The average molecular weight is 201 g/mol. The first-order chi connectivity index (χ1) is 7.27. The van der Waals surface area contributed by atoms with Gasteiger partial charge in [0.15, 0.2) is 0 Å². The number of carboxylic acid groups (broad SMARTS) is 1. The lowest BCUT2D eigenvalue weighted by Crippen LogP contribution is -2.06. The van der Waals surface area contributed by atoms with Crippen LogP contribution < -0.4 is 0 Å². The SMILES string of the molecule is O=C(O)c1nncc(-c2ccccc2)n1. The van der Waals surface area contributed by atoms with Crippen molar-refractivity contribution >= 4 is 5.97 Å². The topological polar surface area (TPSA) is 76.0 Å². The van der Waals surface area contributed by atoms with Crippen molar-refractivity contribution in [1.29, 1.82) is 0 Å². The summed E-state index contributed by atoms with van der Waals surface area (Å²) in [5, 5.41) is 15.7. The lowest BCUT2D eigenvalue weighted by Gasteiger charge is -1.99. The number of aromatic carboxylic acids is 1. The van der Waals surface area contributed by atoms with Crippen molar-refractivity contribution < 1.29 is 9.90 Å². The van der Waals surface area contributed by atoms with Crippen molar-refractivity contribution in [2.45, 2.75) is 0 Å². The molecule has 5 heteroatoms. The zero-order valence-electron chi connectivity index (χ0n) is 7.66. The highest BCUT2D eigenvalue weighted by molar-refractivity contribution is 5.83. The van der Waals surface area contributed by atoms with E-state index in [-0.39, 0.29) is 5.82 Å². The van der Waals surface area contributed by atoms with Gasteiger partial charge in [-0.05, 0) is 0 Å². The number of rotatable bonds is 2. The van der Waals surface area contributed by atoms with Crippen LogP contribution >= 0.6 is 0 Å². The second-order valence-electron chi connectivity index (χ2n) is 2.84. The molecule has 2 rings (SSSR count). The summed E-state index contributed by atoms with van der Waals surface area (Å²) in [6, 6.07) is 9.22. The third-order valence-electron chi connectivity index (χ3n) is 1.82. The Hall–Kier alpha value is -2.30. The van der Waals surface area contributed by atoms with E-state index in [2.05, 4.69) is 15.2 Å². The Balaban J connectivity index is 2.46. The first kappa shape index (κ1) is 9.26. The number of nitrogens with zero attached hydrogens (tertiary/aromatic N) is 3. The molecule has 0 atom stereocenters. The van der Waals surface area contributed by atoms with Crippen LogP contribution in [0.3, 0.4) is 0 Å². The molecule has 0 spiro atoms. The molecular formula is C10H7N3O2. The van der Waals surface area contributed by atoms with E-state index in [4.69, 9.17) is 5.11 Å². The van der Waals surface area contributed by atoms with E-state index < -0.39 is 5.97 Å². The van der Waals surface area contributed by atoms with Crippen molar-refractivity contribution in [3.8, 4) is 11.3 Å². The van der Waals surface area contributed by atoms with Crippen LogP contribution in [0.1, 0.15) is 10.6 Å². The van der Waals surface area contributed by atoms with Gasteiger partial charge in [-0.25, -0.2) is 9.78 Å². The molecule has 0 unspecified atom stereocenters. The van der Waals surface area contributed by atoms with Crippen molar-refractivity contribution in [1.82, 2.24) is 15.2 Å². The van der Waals surface area contributed by atoms with Gasteiger partial charge < -0.3 is 5.11 Å². The van der Waals surface area contributed by atoms with E-state index in [1.54, 1.807) is 0 Å². The first-order valence-electron chi connectivity index (χ1n) is 4.26. The molecule has 15 heavy (non-hydrogen) atoms. The van der Waals surface area contributed by atoms with Crippen molar-refractivity contribution in [2.75, 3.05) is 0 Å². The second kappa shape index (κ2) is 3.83. The molecule has 0 radical (unpaired) electrons. The predicted octanol–water partition coefficient (Wildman–Crippen LogP) is 1.24. The highest BCUT2D eigenvalue weighted by atomic mass is 16.4. The Bertz CT molecular complexity index is 485. The summed E-state index contributed by atoms with van der Waals surface area (Å²) in [6.45, 7) is 0. The molecular weight excluding hydrogens is 194 g/mol. The van der Waals surface area contributed by atoms with Gasteiger partial charge in [-0.2, -0.15) is 5.10 Å². The third-order valence-corrected chi connectivity index (χ3v) is 1.82. The Kier molecular flexibility index (Phi) is 2.37. The minimum absolute atomic E-state index is 0.295. The standard InChI is InChI=1S/C10H7N3O2/c14-10(15)9-12-8(6-11-13-9)7-4-2-1-3-5-7/h1-6H,(H,14,15). The number of hydrogen-bond donors (Lipinski definition) is 1. The molecule has 1 heterocycles. The molecule has 0 bridgehead atoms. The summed E-state index contributed by atoms with van der Waals surface area (Å²) < 4.78 is 0. The molecule has 0 saturated carbocycles.